The number of aromatic nitrogens is 1. The summed E-state index contributed by atoms with van der Waals surface area (Å²) in [4.78, 5) is 45.3. The van der Waals surface area contributed by atoms with Crippen LogP contribution >= 0.6 is 46.6 Å². The van der Waals surface area contributed by atoms with E-state index >= 15 is 0 Å². The number of hydrogen-bond acceptors (Lipinski definition) is 5. The Bertz CT molecular complexity index is 1590. The number of likely N-dealkylation sites (tertiary alicyclic amines) is 1. The Labute approximate surface area is 267 Å². The molecule has 0 saturated carbocycles. The van der Waals surface area contributed by atoms with E-state index in [1.165, 1.54) is 12.0 Å². The van der Waals surface area contributed by atoms with Gasteiger partial charge in [-0.2, -0.15) is 8.78 Å². The van der Waals surface area contributed by atoms with Gasteiger partial charge in [0, 0.05) is 42.0 Å². The first-order valence-electron chi connectivity index (χ1n) is 13.6. The first kappa shape index (κ1) is 33.1. The maximum absolute atomic E-state index is 14.0. The lowest BCUT2D eigenvalue weighted by molar-refractivity contribution is -0.133. The van der Waals surface area contributed by atoms with Crippen molar-refractivity contribution in [2.75, 3.05) is 20.7 Å². The summed E-state index contributed by atoms with van der Waals surface area (Å²) in [6, 6.07) is 9.36. The predicted molar refractivity (Wildman–Crippen MR) is 165 cm³/mol. The molecule has 1 saturated heterocycles. The summed E-state index contributed by atoms with van der Waals surface area (Å²) >= 11 is 18.6. The summed E-state index contributed by atoms with van der Waals surface area (Å²) < 4.78 is 33.7. The molecule has 0 bridgehead atoms. The molecule has 43 heavy (non-hydrogen) atoms. The summed E-state index contributed by atoms with van der Waals surface area (Å²) in [5, 5.41) is -3.45. The molecule has 2 amide bonds. The predicted octanol–water partition coefficient (Wildman–Crippen LogP) is 7.65. The van der Waals surface area contributed by atoms with E-state index < -0.39 is 22.5 Å². The van der Waals surface area contributed by atoms with E-state index in [0.29, 0.717) is 23.6 Å². The molecule has 0 aliphatic carbocycles. The fourth-order valence-corrected chi connectivity index (χ4v) is 6.92. The summed E-state index contributed by atoms with van der Waals surface area (Å²) in [6.07, 6.45) is 1.53. The molecule has 1 atom stereocenters. The number of benzene rings is 2. The number of fused-ring (bicyclic) bond motifs is 1. The number of amides is 2. The number of pyridine rings is 1. The van der Waals surface area contributed by atoms with Crippen LogP contribution in [0.2, 0.25) is 10.0 Å². The molecule has 3 aromatic rings. The fraction of sp³-hybridized carbons (Fsp3) is 0.367. The summed E-state index contributed by atoms with van der Waals surface area (Å²) in [5.74, 6) is -0.493. The van der Waals surface area contributed by atoms with Gasteiger partial charge in [0.05, 0.1) is 23.1 Å². The van der Waals surface area contributed by atoms with Crippen LogP contribution in [0.4, 0.5) is 8.78 Å². The van der Waals surface area contributed by atoms with Gasteiger partial charge in [-0.25, -0.2) is 0 Å². The number of methoxy groups -OCH3 is 1. The number of hydrogen-bond donors (Lipinski definition) is 1. The van der Waals surface area contributed by atoms with Crippen molar-refractivity contribution in [2.45, 2.75) is 60.9 Å². The Balaban J connectivity index is 0.00000207. The number of ether oxygens (including phenoxy) is 1. The Morgan fingerprint density at radius 1 is 1.09 bits per heavy atom. The van der Waals surface area contributed by atoms with Gasteiger partial charge in [0.2, 0.25) is 5.91 Å². The first-order chi connectivity index (χ1) is 20.4. The van der Waals surface area contributed by atoms with Gasteiger partial charge < -0.3 is 19.5 Å². The number of carbonyl (C=O) groups excluding carboxylic acids is 2. The smallest absolute Gasteiger partial charge is 0.362 e. The van der Waals surface area contributed by atoms with E-state index in [0.717, 1.165) is 40.9 Å². The number of aromatic amines is 1. The molecular weight excluding hydrogens is 643 g/mol. The molecule has 1 N–H and O–H groups in total. The number of carbonyl (C=O) groups is 2. The van der Waals surface area contributed by atoms with E-state index in [4.69, 9.17) is 39.5 Å². The number of H-pyrrole nitrogens is 1. The third-order valence-corrected chi connectivity index (χ3v) is 9.49. The van der Waals surface area contributed by atoms with Crippen LogP contribution in [0.25, 0.3) is 0 Å². The fourth-order valence-electron chi connectivity index (χ4n) is 5.18. The highest BCUT2D eigenvalue weighted by Crippen LogP contribution is 2.42. The average Bonchev–Trinajstić information content (AvgIpc) is 3.39. The molecule has 3 heterocycles. The third kappa shape index (κ3) is 6.82. The van der Waals surface area contributed by atoms with Gasteiger partial charge in [-0.1, -0.05) is 54.9 Å². The van der Waals surface area contributed by atoms with Crippen LogP contribution in [0, 0.1) is 0 Å². The zero-order chi connectivity index (χ0) is 31.6. The van der Waals surface area contributed by atoms with Crippen molar-refractivity contribution in [2.24, 2.45) is 0 Å². The van der Waals surface area contributed by atoms with Crippen molar-refractivity contribution in [3.8, 4) is 5.75 Å². The quantitative estimate of drug-likeness (QED) is 0.272. The van der Waals surface area contributed by atoms with Crippen molar-refractivity contribution in [1.82, 2.24) is 14.8 Å². The molecule has 5 rings (SSSR count). The van der Waals surface area contributed by atoms with E-state index in [-0.39, 0.29) is 45.4 Å². The molecule has 2 aliphatic rings. The number of nitrogens with one attached hydrogen (secondary N) is 1. The summed E-state index contributed by atoms with van der Waals surface area (Å²) in [6.45, 7) is 4.98. The van der Waals surface area contributed by atoms with Crippen molar-refractivity contribution in [3.63, 3.8) is 0 Å². The van der Waals surface area contributed by atoms with E-state index in [2.05, 4.69) is 0 Å². The van der Waals surface area contributed by atoms with Gasteiger partial charge in [-0.3, -0.25) is 14.4 Å². The van der Waals surface area contributed by atoms with E-state index in [1.807, 2.05) is 24.9 Å². The average molecular weight is 673 g/mol. The first-order valence-corrected chi connectivity index (χ1v) is 15.5. The van der Waals surface area contributed by atoms with Crippen LogP contribution in [0.3, 0.4) is 0 Å². The van der Waals surface area contributed by atoms with Gasteiger partial charge in [-0.05, 0) is 65.9 Å². The number of nitrogens with zero attached hydrogens (tertiary/aromatic N) is 2. The summed E-state index contributed by atoms with van der Waals surface area (Å²) in [5.41, 5.74) is 0.0993. The van der Waals surface area contributed by atoms with Crippen LogP contribution in [-0.2, 0) is 23.3 Å². The van der Waals surface area contributed by atoms with Gasteiger partial charge in [0.25, 0.3) is 11.5 Å². The number of likely N-dealkylation sites (N-methyl/N-ethyl adjacent to an activating group) is 1. The summed E-state index contributed by atoms with van der Waals surface area (Å²) in [7, 11) is 3.29. The molecular formula is C30H30Cl3F2N3O4S. The maximum atomic E-state index is 14.0. The van der Waals surface area contributed by atoms with Gasteiger partial charge in [-0.15, -0.1) is 0 Å². The Kier molecular flexibility index (Phi) is 10.4. The highest BCUT2D eigenvalue weighted by molar-refractivity contribution is 7.99. The second-order valence-electron chi connectivity index (χ2n) is 9.88. The van der Waals surface area contributed by atoms with Crippen LogP contribution in [0.5, 0.6) is 5.75 Å². The SMILES string of the molecule is CC.COc1cc2c(cc1C1CCCN(C)C1=O)CN(C(=O)c1c(Sc3c(Cl)cccc3Cl)cc(C(F)(F)Cl)[nH]c1=O)C2. The Morgan fingerprint density at radius 2 is 1.72 bits per heavy atom. The molecule has 0 spiro atoms. The van der Waals surface area contributed by atoms with Crippen LogP contribution in [0.1, 0.15) is 65.3 Å². The number of rotatable bonds is 6. The molecule has 7 nitrogen and oxygen atoms in total. The molecule has 230 valence electrons. The highest BCUT2D eigenvalue weighted by atomic mass is 35.5. The van der Waals surface area contributed by atoms with Crippen molar-refractivity contribution >= 4 is 58.4 Å². The maximum Gasteiger partial charge on any atom is 0.362 e. The lowest BCUT2D eigenvalue weighted by Gasteiger charge is -2.30. The molecule has 2 aliphatic heterocycles. The van der Waals surface area contributed by atoms with E-state index in [9.17, 15) is 23.2 Å². The van der Waals surface area contributed by atoms with Crippen molar-refractivity contribution in [3.05, 3.63) is 84.7 Å². The zero-order valence-corrected chi connectivity index (χ0v) is 27.0. The lowest BCUT2D eigenvalue weighted by Crippen LogP contribution is -2.37. The normalized spacial score (nSPS) is 16.5. The van der Waals surface area contributed by atoms with Crippen LogP contribution < -0.4 is 10.3 Å². The largest absolute Gasteiger partial charge is 0.496 e. The monoisotopic (exact) mass is 671 g/mol. The number of piperidine rings is 1. The molecule has 13 heteroatoms. The molecule has 1 unspecified atom stereocenters. The van der Waals surface area contributed by atoms with Crippen molar-refractivity contribution < 1.29 is 23.1 Å². The minimum absolute atomic E-state index is 0.00282. The second-order valence-corrected chi connectivity index (χ2v) is 12.2. The topological polar surface area (TPSA) is 82.7 Å². The van der Waals surface area contributed by atoms with E-state index in [1.54, 1.807) is 36.2 Å². The Hall–Kier alpha value is -2.79. The Morgan fingerprint density at radius 3 is 2.33 bits per heavy atom. The third-order valence-electron chi connectivity index (χ3n) is 7.24. The number of halogens is 5. The number of alkyl halides is 3. The minimum Gasteiger partial charge on any atom is -0.496 e. The van der Waals surface area contributed by atoms with Crippen LogP contribution in [0.15, 0.2) is 51.0 Å². The molecule has 0 radical (unpaired) electrons. The van der Waals surface area contributed by atoms with Gasteiger partial charge >= 0.3 is 5.38 Å². The van der Waals surface area contributed by atoms with Gasteiger partial charge in [0.1, 0.15) is 17.0 Å². The lowest BCUT2D eigenvalue weighted by atomic mass is 9.87. The molecule has 2 aromatic carbocycles. The standard InChI is InChI=1S/C28H24Cl3F2N3O4S.C2H6/c1-35-8-4-5-16(26(35)38)17-9-14-12-36(13-15(14)10-20(17)40-2)27(39)23-21(11-22(28(31,32)33)34-25(23)37)41-24-18(29)6-3-7-19(24)30;1-2/h3,6-7,9-11,16H,4-5,8,12-13H2,1-2H3,(H,34,37);1-2H3. The van der Waals surface area contributed by atoms with Gasteiger partial charge in [0.15, 0.2) is 0 Å². The highest BCUT2D eigenvalue weighted by Gasteiger charge is 2.36. The van der Waals surface area contributed by atoms with Crippen LogP contribution in [-0.4, -0.2) is 47.3 Å². The zero-order valence-electron chi connectivity index (χ0n) is 23.9. The molecule has 1 fully saturated rings. The molecule has 1 aromatic heterocycles. The minimum atomic E-state index is -3.89. The second kappa shape index (κ2) is 13.5. The van der Waals surface area contributed by atoms with Crippen molar-refractivity contribution in [1.29, 1.82) is 0 Å².